The summed E-state index contributed by atoms with van der Waals surface area (Å²) in [6, 6.07) is 9.43. The van der Waals surface area contributed by atoms with Crippen LogP contribution in [0.15, 0.2) is 30.3 Å². The highest BCUT2D eigenvalue weighted by Gasteiger charge is 2.25. The first-order chi connectivity index (χ1) is 5.52. The van der Waals surface area contributed by atoms with E-state index in [-0.39, 0.29) is 0 Å². The topological polar surface area (TPSA) is 20.2 Å². The van der Waals surface area contributed by atoms with Crippen molar-refractivity contribution in [3.05, 3.63) is 35.9 Å². The van der Waals surface area contributed by atoms with Gasteiger partial charge in [-0.2, -0.15) is 0 Å². The lowest BCUT2D eigenvalue weighted by molar-refractivity contribution is 0.141. The maximum absolute atomic E-state index is 9.73. The molecule has 0 saturated heterocycles. The van der Waals surface area contributed by atoms with E-state index in [4.69, 9.17) is 11.6 Å². The summed E-state index contributed by atoms with van der Waals surface area (Å²) in [7, 11) is 0. The zero-order valence-corrected chi connectivity index (χ0v) is 8.05. The molecule has 1 rings (SSSR count). The lowest BCUT2D eigenvalue weighted by atomic mass is 9.99. The zero-order valence-electron chi connectivity index (χ0n) is 7.29. The fourth-order valence-corrected chi connectivity index (χ4v) is 1.16. The van der Waals surface area contributed by atoms with Gasteiger partial charge in [0, 0.05) is 0 Å². The fourth-order valence-electron chi connectivity index (χ4n) is 1.03. The Morgan fingerprint density at radius 1 is 1.25 bits per heavy atom. The van der Waals surface area contributed by atoms with Crippen LogP contribution in [0.3, 0.4) is 0 Å². The summed E-state index contributed by atoms with van der Waals surface area (Å²) in [4.78, 5) is -0.610. The highest BCUT2D eigenvalue weighted by atomic mass is 35.5. The molecule has 0 heterocycles. The first kappa shape index (κ1) is 9.56. The number of halogens is 1. The molecule has 0 saturated carbocycles. The van der Waals surface area contributed by atoms with Crippen molar-refractivity contribution in [3.63, 3.8) is 0 Å². The maximum Gasteiger partial charge on any atom is 0.0976 e. The summed E-state index contributed by atoms with van der Waals surface area (Å²) in [5.74, 6) is 0. The Morgan fingerprint density at radius 3 is 2.17 bits per heavy atom. The molecular weight excluding hydrogens is 172 g/mol. The molecule has 1 nitrogen and oxygen atoms in total. The van der Waals surface area contributed by atoms with Crippen LogP contribution in [-0.2, 0) is 0 Å². The number of hydrogen-bond donors (Lipinski definition) is 1. The minimum atomic E-state index is -0.611. The molecule has 0 spiro atoms. The van der Waals surface area contributed by atoms with Gasteiger partial charge in [-0.1, -0.05) is 30.3 Å². The molecular formula is C10H13ClO. The van der Waals surface area contributed by atoms with Crippen LogP contribution in [0.2, 0.25) is 0 Å². The minimum absolute atomic E-state index is 0.610. The highest BCUT2D eigenvalue weighted by molar-refractivity contribution is 6.23. The Bertz CT molecular complexity index is 238. The molecule has 12 heavy (non-hydrogen) atoms. The monoisotopic (exact) mass is 184 g/mol. The van der Waals surface area contributed by atoms with Gasteiger partial charge < -0.3 is 5.11 Å². The van der Waals surface area contributed by atoms with Gasteiger partial charge in [0.2, 0.25) is 0 Å². The quantitative estimate of drug-likeness (QED) is 0.701. The van der Waals surface area contributed by atoms with Crippen molar-refractivity contribution in [2.45, 2.75) is 24.8 Å². The summed E-state index contributed by atoms with van der Waals surface area (Å²) in [5.41, 5.74) is 0.859. The number of benzene rings is 1. The molecule has 66 valence electrons. The molecule has 1 aromatic rings. The zero-order chi connectivity index (χ0) is 9.19. The first-order valence-corrected chi connectivity index (χ1v) is 4.31. The highest BCUT2D eigenvalue weighted by Crippen LogP contribution is 2.30. The molecule has 0 aliphatic carbocycles. The van der Waals surface area contributed by atoms with Crippen molar-refractivity contribution in [1.82, 2.24) is 0 Å². The number of alkyl halides is 1. The Morgan fingerprint density at radius 2 is 1.75 bits per heavy atom. The predicted molar refractivity (Wildman–Crippen MR) is 51.3 cm³/mol. The van der Waals surface area contributed by atoms with Gasteiger partial charge in [-0.25, -0.2) is 0 Å². The molecule has 2 heteroatoms. The van der Waals surface area contributed by atoms with Crippen LogP contribution in [-0.4, -0.2) is 9.98 Å². The Hall–Kier alpha value is -0.530. The Kier molecular flexibility index (Phi) is 2.76. The summed E-state index contributed by atoms with van der Waals surface area (Å²) in [5, 5.41) is 9.73. The van der Waals surface area contributed by atoms with Crippen LogP contribution >= 0.6 is 11.6 Å². The van der Waals surface area contributed by atoms with Gasteiger partial charge in [0.05, 0.1) is 11.0 Å². The van der Waals surface area contributed by atoms with Gasteiger partial charge in [0.15, 0.2) is 0 Å². The standard InChI is InChI=1S/C10H13ClO/c1-10(2,11)9(12)8-6-4-3-5-7-8/h3-7,9,12H,1-2H3/t9-/m1/s1. The molecule has 0 aliphatic rings. The lowest BCUT2D eigenvalue weighted by Gasteiger charge is -2.23. The van der Waals surface area contributed by atoms with E-state index in [1.807, 2.05) is 30.3 Å². The number of aliphatic hydroxyl groups excluding tert-OH is 1. The third-order valence-corrected chi connectivity index (χ3v) is 1.97. The molecule has 0 radical (unpaired) electrons. The normalized spacial score (nSPS) is 14.3. The van der Waals surface area contributed by atoms with Gasteiger partial charge in [-0.05, 0) is 19.4 Å². The number of rotatable bonds is 2. The van der Waals surface area contributed by atoms with Crippen molar-refractivity contribution in [3.8, 4) is 0 Å². The van der Waals surface area contributed by atoms with Crippen molar-refractivity contribution in [2.24, 2.45) is 0 Å². The van der Waals surface area contributed by atoms with Gasteiger partial charge in [0.1, 0.15) is 0 Å². The van der Waals surface area contributed by atoms with Crippen LogP contribution < -0.4 is 0 Å². The predicted octanol–water partition coefficient (Wildman–Crippen LogP) is 2.74. The fraction of sp³-hybridized carbons (Fsp3) is 0.400. The molecule has 0 unspecified atom stereocenters. The average molecular weight is 185 g/mol. The first-order valence-electron chi connectivity index (χ1n) is 3.94. The molecule has 0 amide bonds. The van der Waals surface area contributed by atoms with Crippen molar-refractivity contribution in [2.75, 3.05) is 0 Å². The molecule has 0 bridgehead atoms. The van der Waals surface area contributed by atoms with E-state index in [1.54, 1.807) is 13.8 Å². The van der Waals surface area contributed by atoms with Gasteiger partial charge >= 0.3 is 0 Å². The second-order valence-electron chi connectivity index (χ2n) is 3.38. The lowest BCUT2D eigenvalue weighted by Crippen LogP contribution is -2.21. The van der Waals surface area contributed by atoms with Crippen molar-refractivity contribution < 1.29 is 5.11 Å². The Labute approximate surface area is 78.0 Å². The van der Waals surface area contributed by atoms with Gasteiger partial charge in [-0.15, -0.1) is 11.6 Å². The number of hydrogen-bond acceptors (Lipinski definition) is 1. The van der Waals surface area contributed by atoms with Gasteiger partial charge in [0.25, 0.3) is 0 Å². The van der Waals surface area contributed by atoms with Crippen molar-refractivity contribution in [1.29, 1.82) is 0 Å². The van der Waals surface area contributed by atoms with Crippen LogP contribution in [0.1, 0.15) is 25.5 Å². The molecule has 1 N–H and O–H groups in total. The summed E-state index contributed by atoms with van der Waals surface area (Å²) >= 11 is 5.97. The van der Waals surface area contributed by atoms with E-state index in [2.05, 4.69) is 0 Å². The SMILES string of the molecule is CC(C)(Cl)[C@H](O)c1ccccc1. The molecule has 1 atom stereocenters. The largest absolute Gasteiger partial charge is 0.387 e. The second-order valence-corrected chi connectivity index (χ2v) is 4.35. The summed E-state index contributed by atoms with van der Waals surface area (Å²) in [6.45, 7) is 3.60. The van der Waals surface area contributed by atoms with Crippen LogP contribution in [0.4, 0.5) is 0 Å². The minimum Gasteiger partial charge on any atom is -0.387 e. The van der Waals surface area contributed by atoms with E-state index in [1.165, 1.54) is 0 Å². The van der Waals surface area contributed by atoms with Crippen LogP contribution in [0, 0.1) is 0 Å². The molecule has 1 aromatic carbocycles. The second kappa shape index (κ2) is 3.46. The molecule has 0 aliphatic heterocycles. The molecule has 0 aromatic heterocycles. The third-order valence-electron chi connectivity index (χ3n) is 1.77. The molecule has 0 fully saturated rings. The van der Waals surface area contributed by atoms with E-state index < -0.39 is 11.0 Å². The van der Waals surface area contributed by atoms with Crippen LogP contribution in [0.5, 0.6) is 0 Å². The summed E-state index contributed by atoms with van der Waals surface area (Å²) in [6.07, 6.45) is -0.611. The maximum atomic E-state index is 9.73. The Balaban J connectivity index is 2.86. The van der Waals surface area contributed by atoms with E-state index in [9.17, 15) is 5.11 Å². The average Bonchev–Trinajstić information content (AvgIpc) is 2.03. The van der Waals surface area contributed by atoms with E-state index >= 15 is 0 Å². The smallest absolute Gasteiger partial charge is 0.0976 e. The summed E-state index contributed by atoms with van der Waals surface area (Å²) < 4.78 is 0. The van der Waals surface area contributed by atoms with Crippen LogP contribution in [0.25, 0.3) is 0 Å². The van der Waals surface area contributed by atoms with E-state index in [0.29, 0.717) is 0 Å². The number of aliphatic hydroxyl groups is 1. The third kappa shape index (κ3) is 2.23. The van der Waals surface area contributed by atoms with E-state index in [0.717, 1.165) is 5.56 Å². The van der Waals surface area contributed by atoms with Crippen molar-refractivity contribution >= 4 is 11.6 Å². The van der Waals surface area contributed by atoms with Gasteiger partial charge in [-0.3, -0.25) is 0 Å².